The molecule has 3 heterocycles. The standard InChI is InChI=1S/C28H30F2N6O3/c1-18-26(20-14-31-34(2)15-20)33-36(21-7-5-4-6-8-21)27(18)32-28(37)39-25-17-35(11-12-38-3)16-22(25)19-9-10-23(29)24(30)13-19/h4-10,13-15,22,25H,11-12,16-17H2,1-3H3,(H,32,37)/t22-,25+/m0/s1. The summed E-state index contributed by atoms with van der Waals surface area (Å²) >= 11 is 0. The first-order valence-electron chi connectivity index (χ1n) is 12.6. The van der Waals surface area contributed by atoms with Crippen molar-refractivity contribution in [2.45, 2.75) is 18.9 Å². The summed E-state index contributed by atoms with van der Waals surface area (Å²) in [6.07, 6.45) is 2.32. The molecule has 2 atom stereocenters. The lowest BCUT2D eigenvalue weighted by atomic mass is 9.96. The van der Waals surface area contributed by atoms with Gasteiger partial charge in [0, 0.05) is 57.0 Å². The zero-order valence-corrected chi connectivity index (χ0v) is 22.0. The van der Waals surface area contributed by atoms with Crippen molar-refractivity contribution < 1.29 is 23.0 Å². The maximum Gasteiger partial charge on any atom is 0.413 e. The van der Waals surface area contributed by atoms with Crippen molar-refractivity contribution in [2.75, 3.05) is 38.7 Å². The molecule has 0 spiro atoms. The van der Waals surface area contributed by atoms with Gasteiger partial charge in [0.25, 0.3) is 0 Å². The van der Waals surface area contributed by atoms with Gasteiger partial charge in [0.2, 0.25) is 0 Å². The molecule has 0 bridgehead atoms. The van der Waals surface area contributed by atoms with Crippen molar-refractivity contribution in [3.63, 3.8) is 0 Å². The van der Waals surface area contributed by atoms with Gasteiger partial charge in [-0.25, -0.2) is 18.3 Å². The highest BCUT2D eigenvalue weighted by molar-refractivity contribution is 5.87. The van der Waals surface area contributed by atoms with Crippen LogP contribution in [0.15, 0.2) is 60.9 Å². The van der Waals surface area contributed by atoms with Crippen molar-refractivity contribution in [1.29, 1.82) is 0 Å². The van der Waals surface area contributed by atoms with E-state index in [1.54, 1.807) is 22.7 Å². The van der Waals surface area contributed by atoms with E-state index in [1.165, 1.54) is 12.1 Å². The lowest BCUT2D eigenvalue weighted by Gasteiger charge is -2.20. The number of benzene rings is 2. The molecule has 1 aliphatic heterocycles. The first-order valence-corrected chi connectivity index (χ1v) is 12.6. The highest BCUT2D eigenvalue weighted by Gasteiger charge is 2.37. The van der Waals surface area contributed by atoms with Crippen LogP contribution < -0.4 is 5.32 Å². The molecule has 0 aliphatic carbocycles. The summed E-state index contributed by atoms with van der Waals surface area (Å²) in [5, 5.41) is 11.9. The molecule has 2 aromatic heterocycles. The summed E-state index contributed by atoms with van der Waals surface area (Å²) in [4.78, 5) is 15.4. The van der Waals surface area contributed by atoms with Crippen LogP contribution in [0.25, 0.3) is 16.9 Å². The Balaban J connectivity index is 1.42. The van der Waals surface area contributed by atoms with Gasteiger partial charge in [0.1, 0.15) is 17.6 Å². The number of carbonyl (C=O) groups excluding carboxylic acids is 1. The summed E-state index contributed by atoms with van der Waals surface area (Å²) in [5.41, 5.74) is 3.56. The molecule has 0 radical (unpaired) electrons. The molecule has 9 nitrogen and oxygen atoms in total. The van der Waals surface area contributed by atoms with Crippen molar-refractivity contribution in [2.24, 2.45) is 7.05 Å². The third-order valence-electron chi connectivity index (χ3n) is 6.91. The fourth-order valence-electron chi connectivity index (χ4n) is 4.92. The number of carbonyl (C=O) groups is 1. The van der Waals surface area contributed by atoms with Crippen LogP contribution in [0, 0.1) is 18.6 Å². The number of methoxy groups -OCH3 is 1. The molecule has 1 fully saturated rings. The van der Waals surface area contributed by atoms with E-state index < -0.39 is 23.8 Å². The van der Waals surface area contributed by atoms with Gasteiger partial charge >= 0.3 is 6.09 Å². The van der Waals surface area contributed by atoms with Crippen LogP contribution in [0.3, 0.4) is 0 Å². The number of amides is 1. The fourth-order valence-corrected chi connectivity index (χ4v) is 4.92. The lowest BCUT2D eigenvalue weighted by Crippen LogP contribution is -2.30. The predicted molar refractivity (Wildman–Crippen MR) is 142 cm³/mol. The van der Waals surface area contributed by atoms with Crippen molar-refractivity contribution in [1.82, 2.24) is 24.5 Å². The smallest absolute Gasteiger partial charge is 0.413 e. The number of hydrogen-bond donors (Lipinski definition) is 1. The summed E-state index contributed by atoms with van der Waals surface area (Å²) in [6.45, 7) is 3.93. The monoisotopic (exact) mass is 536 g/mol. The largest absolute Gasteiger partial charge is 0.444 e. The summed E-state index contributed by atoms with van der Waals surface area (Å²) < 4.78 is 42.1. The van der Waals surface area contributed by atoms with Crippen LogP contribution in [0.5, 0.6) is 0 Å². The minimum atomic E-state index is -0.934. The van der Waals surface area contributed by atoms with Crippen LogP contribution in [-0.2, 0) is 16.5 Å². The number of nitrogens with one attached hydrogen (secondary N) is 1. The van der Waals surface area contributed by atoms with E-state index in [2.05, 4.69) is 15.3 Å². The second kappa shape index (κ2) is 11.3. The second-order valence-corrected chi connectivity index (χ2v) is 9.57. The van der Waals surface area contributed by atoms with Gasteiger partial charge in [-0.1, -0.05) is 24.3 Å². The minimum absolute atomic E-state index is 0.339. The first kappa shape index (κ1) is 26.5. The number of anilines is 1. The second-order valence-electron chi connectivity index (χ2n) is 9.57. The third kappa shape index (κ3) is 5.69. The Morgan fingerprint density at radius 3 is 2.62 bits per heavy atom. The van der Waals surface area contributed by atoms with Crippen LogP contribution in [0.4, 0.5) is 19.4 Å². The van der Waals surface area contributed by atoms with Gasteiger partial charge in [0.15, 0.2) is 11.6 Å². The van der Waals surface area contributed by atoms with E-state index in [4.69, 9.17) is 14.6 Å². The van der Waals surface area contributed by atoms with E-state index in [1.807, 2.05) is 50.5 Å². The fraction of sp³-hybridized carbons (Fsp3) is 0.321. The number of halogens is 2. The number of ether oxygens (including phenoxy) is 2. The maximum atomic E-state index is 14.1. The van der Waals surface area contributed by atoms with Crippen molar-refractivity contribution in [3.8, 4) is 16.9 Å². The molecule has 1 saturated heterocycles. The molecule has 1 aliphatic rings. The zero-order valence-electron chi connectivity index (χ0n) is 22.0. The van der Waals surface area contributed by atoms with Crippen molar-refractivity contribution in [3.05, 3.63) is 83.7 Å². The van der Waals surface area contributed by atoms with Crippen LogP contribution in [0.2, 0.25) is 0 Å². The van der Waals surface area contributed by atoms with E-state index in [0.717, 1.165) is 22.9 Å². The first-order chi connectivity index (χ1) is 18.8. The average molecular weight is 537 g/mol. The molecule has 5 rings (SSSR count). The molecular formula is C28H30F2N6O3. The van der Waals surface area contributed by atoms with E-state index in [9.17, 15) is 13.6 Å². The summed E-state index contributed by atoms with van der Waals surface area (Å²) in [5.74, 6) is -1.73. The molecule has 0 unspecified atom stereocenters. The Kier molecular flexibility index (Phi) is 7.71. The predicted octanol–water partition coefficient (Wildman–Crippen LogP) is 4.52. The Morgan fingerprint density at radius 1 is 1.13 bits per heavy atom. The van der Waals surface area contributed by atoms with Gasteiger partial charge in [-0.15, -0.1) is 0 Å². The van der Waals surface area contributed by atoms with Crippen LogP contribution in [0.1, 0.15) is 17.0 Å². The van der Waals surface area contributed by atoms with Gasteiger partial charge in [0.05, 0.1) is 18.5 Å². The van der Waals surface area contributed by atoms with Crippen LogP contribution >= 0.6 is 0 Å². The number of para-hydroxylation sites is 1. The number of aromatic nitrogens is 4. The van der Waals surface area contributed by atoms with Crippen LogP contribution in [-0.4, -0.2) is 70.0 Å². The molecule has 0 saturated carbocycles. The third-order valence-corrected chi connectivity index (χ3v) is 6.91. The SMILES string of the molecule is COCCN1C[C@@H](OC(=O)Nc2c(C)c(-c3cnn(C)c3)nn2-c2ccccc2)[C@H](c2ccc(F)c(F)c2)C1. The quantitative estimate of drug-likeness (QED) is 0.356. The lowest BCUT2D eigenvalue weighted by molar-refractivity contribution is 0.102. The molecule has 1 amide bonds. The van der Waals surface area contributed by atoms with Gasteiger partial charge in [-0.2, -0.15) is 10.2 Å². The summed E-state index contributed by atoms with van der Waals surface area (Å²) in [6, 6.07) is 13.3. The van der Waals surface area contributed by atoms with E-state index >= 15 is 0 Å². The number of aryl methyl sites for hydroxylation is 1. The van der Waals surface area contributed by atoms with E-state index in [0.29, 0.717) is 43.3 Å². The summed E-state index contributed by atoms with van der Waals surface area (Å²) in [7, 11) is 3.44. The zero-order chi connectivity index (χ0) is 27.5. The molecule has 1 N–H and O–H groups in total. The van der Waals surface area contributed by atoms with Gasteiger partial charge < -0.3 is 9.47 Å². The molecule has 204 valence electrons. The molecule has 2 aromatic carbocycles. The molecular weight excluding hydrogens is 506 g/mol. The van der Waals surface area contributed by atoms with Crippen molar-refractivity contribution >= 4 is 11.9 Å². The molecule has 11 heteroatoms. The minimum Gasteiger partial charge on any atom is -0.444 e. The number of hydrogen-bond acceptors (Lipinski definition) is 6. The highest BCUT2D eigenvalue weighted by atomic mass is 19.2. The average Bonchev–Trinajstić information content (AvgIpc) is 3.62. The van der Waals surface area contributed by atoms with Gasteiger partial charge in [-0.3, -0.25) is 14.9 Å². The highest BCUT2D eigenvalue weighted by Crippen LogP contribution is 2.33. The molecule has 39 heavy (non-hydrogen) atoms. The Bertz CT molecular complexity index is 1460. The number of likely N-dealkylation sites (tertiary alicyclic amines) is 1. The Labute approximate surface area is 224 Å². The maximum absolute atomic E-state index is 14.1. The Hall–Kier alpha value is -4.09. The van der Waals surface area contributed by atoms with E-state index in [-0.39, 0.29) is 5.92 Å². The normalized spacial score (nSPS) is 17.5. The van der Waals surface area contributed by atoms with Gasteiger partial charge in [-0.05, 0) is 36.8 Å². The number of nitrogens with zero attached hydrogens (tertiary/aromatic N) is 5. The molecule has 4 aromatic rings. The topological polar surface area (TPSA) is 86.4 Å². The Morgan fingerprint density at radius 2 is 1.92 bits per heavy atom. The number of rotatable bonds is 8.